The van der Waals surface area contributed by atoms with Crippen molar-refractivity contribution in [1.82, 2.24) is 9.88 Å². The molecule has 4 rings (SSSR count). The number of anilines is 1. The molecule has 0 spiro atoms. The lowest BCUT2D eigenvalue weighted by Crippen LogP contribution is -2.42. The van der Waals surface area contributed by atoms with E-state index in [1.807, 2.05) is 6.07 Å². The van der Waals surface area contributed by atoms with Gasteiger partial charge < -0.3 is 14.8 Å². The molecule has 0 fully saturated rings. The average molecular weight is 434 g/mol. The third-order valence-electron chi connectivity index (χ3n) is 5.40. The fourth-order valence-corrected chi connectivity index (χ4v) is 4.87. The van der Waals surface area contributed by atoms with E-state index in [4.69, 9.17) is 0 Å². The summed E-state index contributed by atoms with van der Waals surface area (Å²) in [6, 6.07) is 4.46. The molecule has 2 heterocycles. The number of fused-ring (bicyclic) bond motifs is 3. The van der Waals surface area contributed by atoms with E-state index in [-0.39, 0.29) is 22.8 Å². The number of aromatic nitrogens is 1. The summed E-state index contributed by atoms with van der Waals surface area (Å²) in [6.45, 7) is 5.49. The zero-order valence-electron chi connectivity index (χ0n) is 15.5. The van der Waals surface area contributed by atoms with Crippen molar-refractivity contribution in [3.8, 4) is 0 Å². The van der Waals surface area contributed by atoms with E-state index < -0.39 is 5.82 Å². The lowest BCUT2D eigenvalue weighted by Gasteiger charge is -2.31. The van der Waals surface area contributed by atoms with Crippen molar-refractivity contribution in [3.05, 3.63) is 51.0 Å². The van der Waals surface area contributed by atoms with Crippen LogP contribution in [0.5, 0.6) is 0 Å². The van der Waals surface area contributed by atoms with Gasteiger partial charge in [-0.1, -0.05) is 13.8 Å². The van der Waals surface area contributed by atoms with Gasteiger partial charge >= 0.3 is 0 Å². The van der Waals surface area contributed by atoms with Gasteiger partial charge in [-0.2, -0.15) is 0 Å². The second kappa shape index (κ2) is 6.19. The molecule has 2 amide bonds. The van der Waals surface area contributed by atoms with Crippen LogP contribution in [0.15, 0.2) is 22.7 Å². The Hall–Kier alpha value is -2.15. The Morgan fingerprint density at radius 2 is 1.96 bits per heavy atom. The van der Waals surface area contributed by atoms with Crippen LogP contribution >= 0.6 is 15.9 Å². The highest BCUT2D eigenvalue weighted by Crippen LogP contribution is 2.40. The summed E-state index contributed by atoms with van der Waals surface area (Å²) in [6.07, 6.45) is 1.90. The van der Waals surface area contributed by atoms with E-state index in [0.29, 0.717) is 28.9 Å². The van der Waals surface area contributed by atoms with Crippen molar-refractivity contribution >= 4 is 33.4 Å². The molecule has 5 nitrogen and oxygen atoms in total. The van der Waals surface area contributed by atoms with Crippen LogP contribution in [0.2, 0.25) is 0 Å². The summed E-state index contributed by atoms with van der Waals surface area (Å²) in [4.78, 5) is 27.1. The molecule has 142 valence electrons. The number of hydrogen-bond donors (Lipinski definition) is 1. The first kappa shape index (κ1) is 18.2. The van der Waals surface area contributed by atoms with Gasteiger partial charge in [0.1, 0.15) is 11.5 Å². The van der Waals surface area contributed by atoms with Crippen LogP contribution in [0.25, 0.3) is 0 Å². The summed E-state index contributed by atoms with van der Waals surface area (Å²) >= 11 is 3.26. The topological polar surface area (TPSA) is 54.3 Å². The van der Waals surface area contributed by atoms with Gasteiger partial charge in [0.25, 0.3) is 11.8 Å². The molecule has 7 heteroatoms. The number of carbonyl (C=O) groups excluding carboxylic acids is 2. The van der Waals surface area contributed by atoms with E-state index in [1.54, 1.807) is 0 Å². The average Bonchev–Trinajstić information content (AvgIpc) is 3.06. The summed E-state index contributed by atoms with van der Waals surface area (Å²) < 4.78 is 16.5. The maximum atomic E-state index is 14.1. The minimum absolute atomic E-state index is 0.198. The zero-order valence-corrected chi connectivity index (χ0v) is 17.1. The van der Waals surface area contributed by atoms with Gasteiger partial charge in [0.2, 0.25) is 0 Å². The van der Waals surface area contributed by atoms with Crippen molar-refractivity contribution in [2.24, 2.45) is 5.41 Å². The molecule has 2 aliphatic rings. The van der Waals surface area contributed by atoms with Crippen LogP contribution in [0.4, 0.5) is 10.1 Å². The molecular weight excluding hydrogens is 413 g/mol. The van der Waals surface area contributed by atoms with E-state index in [0.717, 1.165) is 12.8 Å². The molecule has 1 aliphatic carbocycles. The minimum Gasteiger partial charge on any atom is -0.355 e. The van der Waals surface area contributed by atoms with Crippen molar-refractivity contribution < 1.29 is 14.0 Å². The quantitative estimate of drug-likeness (QED) is 0.787. The molecule has 0 saturated carbocycles. The van der Waals surface area contributed by atoms with Crippen LogP contribution < -0.4 is 10.2 Å². The predicted octanol–water partition coefficient (Wildman–Crippen LogP) is 3.53. The molecule has 1 N–H and O–H groups in total. The van der Waals surface area contributed by atoms with Crippen molar-refractivity contribution in [3.63, 3.8) is 0 Å². The number of nitrogens with one attached hydrogen (secondary N) is 1. The fourth-order valence-electron chi connectivity index (χ4n) is 4.26. The van der Waals surface area contributed by atoms with Gasteiger partial charge in [0.05, 0.1) is 11.3 Å². The smallest absolute Gasteiger partial charge is 0.274 e. The van der Waals surface area contributed by atoms with E-state index in [2.05, 4.69) is 39.7 Å². The highest BCUT2D eigenvalue weighted by atomic mass is 79.9. The van der Waals surface area contributed by atoms with Gasteiger partial charge in [-0.15, -0.1) is 0 Å². The Kier molecular flexibility index (Phi) is 4.18. The minimum atomic E-state index is -0.498. The molecular formula is C20H21BrFN3O2. The molecule has 1 aromatic carbocycles. The highest BCUT2D eigenvalue weighted by Gasteiger charge is 2.37. The molecule has 2 aromatic rings. The molecule has 1 aromatic heterocycles. The first-order valence-corrected chi connectivity index (χ1v) is 9.75. The number of carbonyl (C=O) groups is 2. The Balaban J connectivity index is 1.77. The van der Waals surface area contributed by atoms with Crippen LogP contribution in [0, 0.1) is 11.2 Å². The van der Waals surface area contributed by atoms with Gasteiger partial charge in [0, 0.05) is 30.3 Å². The van der Waals surface area contributed by atoms with Crippen LogP contribution in [-0.2, 0) is 19.4 Å². The molecule has 27 heavy (non-hydrogen) atoms. The summed E-state index contributed by atoms with van der Waals surface area (Å²) in [5.74, 6) is -1.06. The van der Waals surface area contributed by atoms with E-state index >= 15 is 0 Å². The SMILES string of the molecule is CNC(=O)c1c(Br)cc(F)cc1N1CCn2c(cc3c2CC(C)(C)C3)C1=O. The maximum absolute atomic E-state index is 14.1. The maximum Gasteiger partial charge on any atom is 0.274 e. The number of benzene rings is 1. The van der Waals surface area contributed by atoms with Crippen LogP contribution in [0.1, 0.15) is 46.0 Å². The third-order valence-corrected chi connectivity index (χ3v) is 6.03. The normalized spacial score (nSPS) is 17.7. The second-order valence-corrected chi connectivity index (χ2v) is 8.84. The van der Waals surface area contributed by atoms with Crippen molar-refractivity contribution in [2.45, 2.75) is 33.2 Å². The Morgan fingerprint density at radius 3 is 2.67 bits per heavy atom. The highest BCUT2D eigenvalue weighted by molar-refractivity contribution is 9.10. The Bertz CT molecular complexity index is 980. The Labute approximate surface area is 165 Å². The Morgan fingerprint density at radius 1 is 1.22 bits per heavy atom. The fraction of sp³-hybridized carbons (Fsp3) is 0.400. The number of halogens is 2. The molecule has 0 unspecified atom stereocenters. The summed E-state index contributed by atoms with van der Waals surface area (Å²) in [7, 11) is 1.51. The standard InChI is InChI=1S/C20H21BrFN3O2/c1-20(2)9-11-6-15-19(27)25(5-4-24(15)16(11)10-20)14-8-12(22)7-13(21)17(14)18(26)23-3/h6-8H,4-5,9-10H2,1-3H3,(H,23,26). The predicted molar refractivity (Wildman–Crippen MR) is 105 cm³/mol. The lowest BCUT2D eigenvalue weighted by molar-refractivity contribution is 0.0959. The first-order chi connectivity index (χ1) is 12.7. The number of nitrogens with zero attached hydrogens (tertiary/aromatic N) is 2. The van der Waals surface area contributed by atoms with Gasteiger partial charge in [-0.25, -0.2) is 4.39 Å². The molecule has 0 bridgehead atoms. The van der Waals surface area contributed by atoms with Crippen LogP contribution in [0.3, 0.4) is 0 Å². The zero-order chi connectivity index (χ0) is 19.5. The van der Waals surface area contributed by atoms with E-state index in [1.165, 1.54) is 35.3 Å². The molecule has 0 atom stereocenters. The largest absolute Gasteiger partial charge is 0.355 e. The van der Waals surface area contributed by atoms with E-state index in [9.17, 15) is 14.0 Å². The number of hydrogen-bond acceptors (Lipinski definition) is 2. The van der Waals surface area contributed by atoms with Crippen molar-refractivity contribution in [1.29, 1.82) is 0 Å². The first-order valence-electron chi connectivity index (χ1n) is 8.96. The van der Waals surface area contributed by atoms with Gasteiger partial charge in [-0.3, -0.25) is 9.59 Å². The van der Waals surface area contributed by atoms with Gasteiger partial charge in [0.15, 0.2) is 0 Å². The number of rotatable bonds is 2. The third kappa shape index (κ3) is 2.88. The van der Waals surface area contributed by atoms with Crippen molar-refractivity contribution in [2.75, 3.05) is 18.5 Å². The number of amides is 2. The van der Waals surface area contributed by atoms with Gasteiger partial charge in [-0.05, 0) is 57.9 Å². The monoisotopic (exact) mass is 433 g/mol. The molecule has 0 saturated heterocycles. The summed E-state index contributed by atoms with van der Waals surface area (Å²) in [5.41, 5.74) is 3.84. The van der Waals surface area contributed by atoms with Crippen LogP contribution in [-0.4, -0.2) is 30.0 Å². The second-order valence-electron chi connectivity index (χ2n) is 7.99. The lowest BCUT2D eigenvalue weighted by atomic mass is 9.90. The summed E-state index contributed by atoms with van der Waals surface area (Å²) in [5, 5.41) is 2.56. The molecule has 0 radical (unpaired) electrons. The molecule has 1 aliphatic heterocycles.